The molecule has 1 saturated heterocycles. The minimum atomic E-state index is 0.698. The molecule has 0 aliphatic carbocycles. The molecule has 0 aromatic carbocycles. The van der Waals surface area contributed by atoms with Crippen LogP contribution in [0.1, 0.15) is 47.0 Å². The van der Waals surface area contributed by atoms with Gasteiger partial charge in [0.1, 0.15) is 0 Å². The van der Waals surface area contributed by atoms with Crippen LogP contribution in [-0.2, 0) is 0 Å². The van der Waals surface area contributed by atoms with Gasteiger partial charge in [-0.25, -0.2) is 0 Å². The van der Waals surface area contributed by atoms with Gasteiger partial charge in [-0.2, -0.15) is 0 Å². The molecule has 0 radical (unpaired) electrons. The molecule has 0 unspecified atom stereocenters. The SMILES string of the molecule is CC(C)CN(CCC1CCNCC1)C(C)C. The summed E-state index contributed by atoms with van der Waals surface area (Å²) in [4.78, 5) is 2.65. The van der Waals surface area contributed by atoms with Crippen molar-refractivity contribution >= 4 is 0 Å². The number of piperidine rings is 1. The molecule has 1 rings (SSSR count). The Labute approximate surface area is 102 Å². The van der Waals surface area contributed by atoms with Crippen LogP contribution in [0.15, 0.2) is 0 Å². The number of hydrogen-bond donors (Lipinski definition) is 1. The van der Waals surface area contributed by atoms with E-state index in [1.54, 1.807) is 0 Å². The first-order valence-corrected chi connectivity index (χ1v) is 7.04. The maximum atomic E-state index is 3.44. The van der Waals surface area contributed by atoms with Crippen LogP contribution in [0.4, 0.5) is 0 Å². The Morgan fingerprint density at radius 1 is 1.12 bits per heavy atom. The molecule has 0 atom stereocenters. The van der Waals surface area contributed by atoms with Gasteiger partial charge in [0.2, 0.25) is 0 Å². The summed E-state index contributed by atoms with van der Waals surface area (Å²) in [6, 6.07) is 0.698. The molecule has 96 valence electrons. The highest BCUT2D eigenvalue weighted by molar-refractivity contribution is 4.72. The van der Waals surface area contributed by atoms with Crippen molar-refractivity contribution in [1.29, 1.82) is 0 Å². The highest BCUT2D eigenvalue weighted by Gasteiger charge is 2.16. The minimum Gasteiger partial charge on any atom is -0.317 e. The first kappa shape index (κ1) is 14.0. The molecule has 0 bridgehead atoms. The van der Waals surface area contributed by atoms with Gasteiger partial charge in [-0.3, -0.25) is 0 Å². The van der Waals surface area contributed by atoms with Crippen molar-refractivity contribution < 1.29 is 0 Å². The lowest BCUT2D eigenvalue weighted by molar-refractivity contribution is 0.177. The first-order chi connectivity index (χ1) is 7.59. The first-order valence-electron chi connectivity index (χ1n) is 7.04. The number of nitrogens with zero attached hydrogens (tertiary/aromatic N) is 1. The molecule has 1 heterocycles. The molecule has 0 saturated carbocycles. The normalized spacial score (nSPS) is 18.9. The van der Waals surface area contributed by atoms with E-state index in [2.05, 4.69) is 37.9 Å². The third-order valence-corrected chi connectivity index (χ3v) is 3.61. The Bertz CT molecular complexity index is 172. The van der Waals surface area contributed by atoms with Crippen LogP contribution in [-0.4, -0.2) is 37.1 Å². The Morgan fingerprint density at radius 2 is 1.75 bits per heavy atom. The second kappa shape index (κ2) is 7.29. The Balaban J connectivity index is 2.25. The topological polar surface area (TPSA) is 15.3 Å². The fraction of sp³-hybridized carbons (Fsp3) is 1.00. The van der Waals surface area contributed by atoms with E-state index in [0.717, 1.165) is 11.8 Å². The van der Waals surface area contributed by atoms with Gasteiger partial charge in [-0.1, -0.05) is 13.8 Å². The summed E-state index contributed by atoms with van der Waals surface area (Å²) in [5.41, 5.74) is 0. The van der Waals surface area contributed by atoms with Crippen LogP contribution in [0.3, 0.4) is 0 Å². The van der Waals surface area contributed by atoms with Gasteiger partial charge in [0.25, 0.3) is 0 Å². The summed E-state index contributed by atoms with van der Waals surface area (Å²) in [5.74, 6) is 1.75. The van der Waals surface area contributed by atoms with Crippen LogP contribution < -0.4 is 5.32 Å². The summed E-state index contributed by atoms with van der Waals surface area (Å²) in [6.45, 7) is 14.3. The maximum Gasteiger partial charge on any atom is 0.00387 e. The number of rotatable bonds is 6. The predicted octanol–water partition coefficient (Wildman–Crippen LogP) is 2.74. The highest BCUT2D eigenvalue weighted by atomic mass is 15.1. The van der Waals surface area contributed by atoms with Crippen LogP contribution in [0.5, 0.6) is 0 Å². The average Bonchev–Trinajstić information content (AvgIpc) is 2.25. The van der Waals surface area contributed by atoms with Gasteiger partial charge < -0.3 is 10.2 Å². The molecule has 1 aliphatic heterocycles. The van der Waals surface area contributed by atoms with Crippen LogP contribution in [0.2, 0.25) is 0 Å². The predicted molar refractivity (Wildman–Crippen MR) is 71.8 cm³/mol. The van der Waals surface area contributed by atoms with Gasteiger partial charge in [0.15, 0.2) is 0 Å². The summed E-state index contributed by atoms with van der Waals surface area (Å²) < 4.78 is 0. The summed E-state index contributed by atoms with van der Waals surface area (Å²) in [6.07, 6.45) is 4.16. The maximum absolute atomic E-state index is 3.44. The van der Waals surface area contributed by atoms with Crippen LogP contribution in [0, 0.1) is 11.8 Å². The van der Waals surface area contributed by atoms with E-state index in [0.29, 0.717) is 6.04 Å². The van der Waals surface area contributed by atoms with Crippen molar-refractivity contribution in [1.82, 2.24) is 10.2 Å². The largest absolute Gasteiger partial charge is 0.317 e. The Kier molecular flexibility index (Phi) is 6.37. The van der Waals surface area contributed by atoms with E-state index in [1.807, 2.05) is 0 Å². The molecule has 0 aromatic rings. The van der Waals surface area contributed by atoms with Crippen LogP contribution >= 0.6 is 0 Å². The monoisotopic (exact) mass is 226 g/mol. The smallest absolute Gasteiger partial charge is 0.00387 e. The second-order valence-corrected chi connectivity index (χ2v) is 5.96. The Hall–Kier alpha value is -0.0800. The second-order valence-electron chi connectivity index (χ2n) is 5.96. The van der Waals surface area contributed by atoms with E-state index in [1.165, 1.54) is 45.4 Å². The molecule has 1 fully saturated rings. The third kappa shape index (κ3) is 5.31. The van der Waals surface area contributed by atoms with Gasteiger partial charge in [-0.05, 0) is 64.6 Å². The number of nitrogens with one attached hydrogen (secondary N) is 1. The fourth-order valence-corrected chi connectivity index (χ4v) is 2.55. The van der Waals surface area contributed by atoms with Crippen molar-refractivity contribution in [2.24, 2.45) is 11.8 Å². The average molecular weight is 226 g/mol. The molecule has 0 aromatic heterocycles. The van der Waals surface area contributed by atoms with E-state index in [9.17, 15) is 0 Å². The third-order valence-electron chi connectivity index (χ3n) is 3.61. The molecular weight excluding hydrogens is 196 g/mol. The summed E-state index contributed by atoms with van der Waals surface area (Å²) in [5, 5.41) is 3.44. The van der Waals surface area contributed by atoms with Gasteiger partial charge in [-0.15, -0.1) is 0 Å². The quantitative estimate of drug-likeness (QED) is 0.749. The molecule has 2 heteroatoms. The zero-order valence-electron chi connectivity index (χ0n) is 11.6. The van der Waals surface area contributed by atoms with Gasteiger partial charge in [0, 0.05) is 12.6 Å². The van der Waals surface area contributed by atoms with E-state index < -0.39 is 0 Å². The molecule has 16 heavy (non-hydrogen) atoms. The van der Waals surface area contributed by atoms with Crippen molar-refractivity contribution in [2.45, 2.75) is 53.0 Å². The van der Waals surface area contributed by atoms with E-state index in [-0.39, 0.29) is 0 Å². The van der Waals surface area contributed by atoms with Crippen molar-refractivity contribution in [3.05, 3.63) is 0 Å². The molecule has 0 amide bonds. The lowest BCUT2D eigenvalue weighted by Gasteiger charge is -2.31. The van der Waals surface area contributed by atoms with Crippen molar-refractivity contribution in [3.8, 4) is 0 Å². The zero-order valence-corrected chi connectivity index (χ0v) is 11.6. The van der Waals surface area contributed by atoms with E-state index in [4.69, 9.17) is 0 Å². The summed E-state index contributed by atoms with van der Waals surface area (Å²) >= 11 is 0. The van der Waals surface area contributed by atoms with E-state index >= 15 is 0 Å². The van der Waals surface area contributed by atoms with Crippen molar-refractivity contribution in [2.75, 3.05) is 26.2 Å². The molecule has 2 nitrogen and oxygen atoms in total. The molecular formula is C14H30N2. The summed E-state index contributed by atoms with van der Waals surface area (Å²) in [7, 11) is 0. The van der Waals surface area contributed by atoms with Gasteiger partial charge >= 0.3 is 0 Å². The Morgan fingerprint density at radius 3 is 2.25 bits per heavy atom. The molecule has 1 N–H and O–H groups in total. The highest BCUT2D eigenvalue weighted by Crippen LogP contribution is 2.17. The lowest BCUT2D eigenvalue weighted by Crippen LogP contribution is -2.37. The lowest BCUT2D eigenvalue weighted by atomic mass is 9.94. The number of hydrogen-bond acceptors (Lipinski definition) is 2. The minimum absolute atomic E-state index is 0.698. The fourth-order valence-electron chi connectivity index (χ4n) is 2.55. The van der Waals surface area contributed by atoms with Crippen LogP contribution in [0.25, 0.3) is 0 Å². The zero-order chi connectivity index (χ0) is 12.0. The van der Waals surface area contributed by atoms with Crippen molar-refractivity contribution in [3.63, 3.8) is 0 Å². The standard InChI is InChI=1S/C14H30N2/c1-12(2)11-16(13(3)4)10-7-14-5-8-15-9-6-14/h12-15H,5-11H2,1-4H3. The molecule has 0 spiro atoms. The molecule has 1 aliphatic rings. The van der Waals surface area contributed by atoms with Gasteiger partial charge in [0.05, 0.1) is 0 Å².